The number of rotatable bonds is 5. The molecule has 2 aromatic rings. The molecule has 1 aromatic carbocycles. The molecule has 21 heavy (non-hydrogen) atoms. The summed E-state index contributed by atoms with van der Waals surface area (Å²) in [5.74, 6) is -0.703. The minimum atomic E-state index is -0.494. The van der Waals surface area contributed by atoms with Gasteiger partial charge in [-0.25, -0.2) is 14.2 Å². The van der Waals surface area contributed by atoms with Crippen molar-refractivity contribution in [3.63, 3.8) is 0 Å². The fourth-order valence-electron chi connectivity index (χ4n) is 1.86. The third-order valence-electron chi connectivity index (χ3n) is 2.93. The quantitative estimate of drug-likeness (QED) is 0.792. The second-order valence-corrected chi connectivity index (χ2v) is 4.41. The smallest absolute Gasteiger partial charge is 0.343 e. The minimum Gasteiger partial charge on any atom is -0.472 e. The van der Waals surface area contributed by atoms with Gasteiger partial charge in [-0.05, 0) is 31.5 Å². The summed E-state index contributed by atoms with van der Waals surface area (Å²) in [4.78, 5) is 16.0. The van der Waals surface area contributed by atoms with Crippen molar-refractivity contribution in [2.24, 2.45) is 0 Å². The van der Waals surface area contributed by atoms with E-state index in [4.69, 9.17) is 9.47 Å². The highest BCUT2D eigenvalue weighted by Crippen LogP contribution is 2.21. The number of nitrogens with zero attached hydrogens (tertiary/aromatic N) is 1. The van der Waals surface area contributed by atoms with E-state index in [9.17, 15) is 9.18 Å². The van der Waals surface area contributed by atoms with Crippen LogP contribution in [0.2, 0.25) is 0 Å². The molecule has 0 radical (unpaired) electrons. The van der Waals surface area contributed by atoms with Crippen molar-refractivity contribution >= 4 is 5.97 Å². The van der Waals surface area contributed by atoms with Gasteiger partial charge in [-0.2, -0.15) is 0 Å². The Kier molecular flexibility index (Phi) is 4.87. The van der Waals surface area contributed by atoms with E-state index in [1.807, 2.05) is 0 Å². The molecule has 0 N–H and O–H groups in total. The third kappa shape index (κ3) is 3.56. The molecule has 1 aromatic heterocycles. The van der Waals surface area contributed by atoms with Crippen LogP contribution in [0.1, 0.15) is 28.4 Å². The van der Waals surface area contributed by atoms with Gasteiger partial charge >= 0.3 is 5.97 Å². The first kappa shape index (κ1) is 15.0. The maximum Gasteiger partial charge on any atom is 0.343 e. The average molecular weight is 289 g/mol. The van der Waals surface area contributed by atoms with Gasteiger partial charge in [0.1, 0.15) is 18.0 Å². The lowest BCUT2D eigenvalue weighted by molar-refractivity contribution is 0.0519. The van der Waals surface area contributed by atoms with Crippen LogP contribution in [0, 0.1) is 12.7 Å². The van der Waals surface area contributed by atoms with E-state index in [2.05, 4.69) is 4.98 Å². The van der Waals surface area contributed by atoms with E-state index in [0.717, 1.165) is 0 Å². The Bertz CT molecular complexity index is 643. The lowest BCUT2D eigenvalue weighted by Gasteiger charge is -2.12. The van der Waals surface area contributed by atoms with Crippen LogP contribution in [0.25, 0.3) is 0 Å². The first-order valence-electron chi connectivity index (χ1n) is 6.62. The summed E-state index contributed by atoms with van der Waals surface area (Å²) < 4.78 is 24.1. The predicted octanol–water partition coefficient (Wildman–Crippen LogP) is 3.28. The highest BCUT2D eigenvalue weighted by Gasteiger charge is 2.18. The van der Waals surface area contributed by atoms with Crippen molar-refractivity contribution in [1.82, 2.24) is 4.98 Å². The monoisotopic (exact) mass is 289 g/mol. The van der Waals surface area contributed by atoms with Crippen molar-refractivity contribution in [2.45, 2.75) is 20.5 Å². The highest BCUT2D eigenvalue weighted by molar-refractivity contribution is 5.93. The molecule has 0 unspecified atom stereocenters. The SMILES string of the molecule is CCOC(=O)c1c(C)ccnc1OCc1ccccc1F. The zero-order valence-electron chi connectivity index (χ0n) is 11.9. The summed E-state index contributed by atoms with van der Waals surface area (Å²) in [5.41, 5.74) is 1.37. The first-order chi connectivity index (χ1) is 10.1. The van der Waals surface area contributed by atoms with E-state index in [1.165, 1.54) is 12.3 Å². The van der Waals surface area contributed by atoms with Gasteiger partial charge in [-0.3, -0.25) is 0 Å². The fourth-order valence-corrected chi connectivity index (χ4v) is 1.86. The zero-order chi connectivity index (χ0) is 15.2. The largest absolute Gasteiger partial charge is 0.472 e. The average Bonchev–Trinajstić information content (AvgIpc) is 2.46. The van der Waals surface area contributed by atoms with Crippen molar-refractivity contribution in [3.05, 3.63) is 59.0 Å². The molecule has 2 rings (SSSR count). The number of hydrogen-bond donors (Lipinski definition) is 0. The van der Waals surface area contributed by atoms with Crippen molar-refractivity contribution in [1.29, 1.82) is 0 Å². The summed E-state index contributed by atoms with van der Waals surface area (Å²) in [5, 5.41) is 0. The van der Waals surface area contributed by atoms with Gasteiger partial charge in [-0.1, -0.05) is 18.2 Å². The third-order valence-corrected chi connectivity index (χ3v) is 2.93. The van der Waals surface area contributed by atoms with Crippen molar-refractivity contribution in [3.8, 4) is 5.88 Å². The predicted molar refractivity (Wildman–Crippen MR) is 75.7 cm³/mol. The first-order valence-corrected chi connectivity index (χ1v) is 6.62. The fraction of sp³-hybridized carbons (Fsp3) is 0.250. The Labute approximate surface area is 122 Å². The number of aromatic nitrogens is 1. The number of carbonyl (C=O) groups is 1. The lowest BCUT2D eigenvalue weighted by atomic mass is 10.1. The van der Waals surface area contributed by atoms with Crippen LogP contribution in [0.4, 0.5) is 4.39 Å². The molecular formula is C16H16FNO3. The molecule has 0 bridgehead atoms. The second-order valence-electron chi connectivity index (χ2n) is 4.41. The molecule has 0 aliphatic rings. The molecule has 0 spiro atoms. The molecule has 0 aliphatic heterocycles. The molecule has 110 valence electrons. The van der Waals surface area contributed by atoms with Gasteiger partial charge in [0.05, 0.1) is 6.61 Å². The number of halogens is 1. The van der Waals surface area contributed by atoms with Gasteiger partial charge in [0, 0.05) is 11.8 Å². The summed E-state index contributed by atoms with van der Waals surface area (Å²) in [6.45, 7) is 3.75. The van der Waals surface area contributed by atoms with Gasteiger partial charge in [0.2, 0.25) is 5.88 Å². The Morgan fingerprint density at radius 3 is 2.76 bits per heavy atom. The number of hydrogen-bond acceptors (Lipinski definition) is 4. The van der Waals surface area contributed by atoms with Crippen LogP contribution >= 0.6 is 0 Å². The van der Waals surface area contributed by atoms with Crippen LogP contribution in [0.5, 0.6) is 5.88 Å². The second kappa shape index (κ2) is 6.83. The topological polar surface area (TPSA) is 48.4 Å². The number of aryl methyl sites for hydroxylation is 1. The Balaban J connectivity index is 2.22. The number of ether oxygens (including phenoxy) is 2. The molecule has 0 amide bonds. The number of esters is 1. The summed E-state index contributed by atoms with van der Waals surface area (Å²) in [7, 11) is 0. The molecule has 0 saturated heterocycles. The van der Waals surface area contributed by atoms with Crippen LogP contribution in [0.3, 0.4) is 0 Å². The van der Waals surface area contributed by atoms with Crippen LogP contribution < -0.4 is 4.74 Å². The maximum absolute atomic E-state index is 13.6. The number of benzene rings is 1. The Morgan fingerprint density at radius 1 is 1.29 bits per heavy atom. The molecule has 5 heteroatoms. The molecule has 4 nitrogen and oxygen atoms in total. The molecule has 1 heterocycles. The summed E-state index contributed by atoms with van der Waals surface area (Å²) in [6.07, 6.45) is 1.54. The van der Waals surface area contributed by atoms with E-state index in [1.54, 1.807) is 38.1 Å². The van der Waals surface area contributed by atoms with Crippen LogP contribution in [-0.2, 0) is 11.3 Å². The molecule has 0 atom stereocenters. The van der Waals surface area contributed by atoms with Crippen LogP contribution in [-0.4, -0.2) is 17.6 Å². The number of carbonyl (C=O) groups excluding carboxylic acids is 1. The normalized spacial score (nSPS) is 10.2. The van der Waals surface area contributed by atoms with E-state index >= 15 is 0 Å². The highest BCUT2D eigenvalue weighted by atomic mass is 19.1. The number of pyridine rings is 1. The van der Waals surface area contributed by atoms with E-state index in [0.29, 0.717) is 11.1 Å². The standard InChI is InChI=1S/C16H16FNO3/c1-3-20-16(19)14-11(2)8-9-18-15(14)21-10-12-6-4-5-7-13(12)17/h4-9H,3,10H2,1-2H3. The van der Waals surface area contributed by atoms with E-state index < -0.39 is 5.97 Å². The molecular weight excluding hydrogens is 273 g/mol. The Morgan fingerprint density at radius 2 is 2.05 bits per heavy atom. The van der Waals surface area contributed by atoms with Gasteiger partial charge in [0.15, 0.2) is 0 Å². The van der Waals surface area contributed by atoms with Crippen molar-refractivity contribution in [2.75, 3.05) is 6.61 Å². The minimum absolute atomic E-state index is 0.00443. The van der Waals surface area contributed by atoms with Crippen molar-refractivity contribution < 1.29 is 18.7 Å². The van der Waals surface area contributed by atoms with Crippen LogP contribution in [0.15, 0.2) is 36.5 Å². The van der Waals surface area contributed by atoms with Gasteiger partial charge in [0.25, 0.3) is 0 Å². The lowest BCUT2D eigenvalue weighted by Crippen LogP contribution is -2.11. The summed E-state index contributed by atoms with van der Waals surface area (Å²) in [6, 6.07) is 8.00. The van der Waals surface area contributed by atoms with Gasteiger partial charge in [-0.15, -0.1) is 0 Å². The zero-order valence-corrected chi connectivity index (χ0v) is 11.9. The molecule has 0 saturated carbocycles. The molecule has 0 fully saturated rings. The van der Waals surface area contributed by atoms with Gasteiger partial charge < -0.3 is 9.47 Å². The van der Waals surface area contributed by atoms with E-state index in [-0.39, 0.29) is 30.5 Å². The Hall–Kier alpha value is -2.43. The molecule has 0 aliphatic carbocycles. The maximum atomic E-state index is 13.6. The summed E-state index contributed by atoms with van der Waals surface area (Å²) >= 11 is 0.